The van der Waals surface area contributed by atoms with E-state index < -0.39 is 4.92 Å². The first-order valence-corrected chi connectivity index (χ1v) is 12.7. The number of amides is 1. The van der Waals surface area contributed by atoms with Crippen LogP contribution in [-0.2, 0) is 6.42 Å². The Morgan fingerprint density at radius 2 is 1.68 bits per heavy atom. The number of ether oxygens (including phenoxy) is 2. The summed E-state index contributed by atoms with van der Waals surface area (Å²) in [6.07, 6.45) is 0.636. The first kappa shape index (κ1) is 24.9. The highest BCUT2D eigenvalue weighted by molar-refractivity contribution is 6.12. The Balaban J connectivity index is 1.20. The van der Waals surface area contributed by atoms with Crippen LogP contribution in [0.15, 0.2) is 91.0 Å². The number of methoxy groups -OCH3 is 1. The van der Waals surface area contributed by atoms with E-state index in [0.717, 1.165) is 33.3 Å². The third kappa shape index (κ3) is 4.88. The maximum Gasteiger partial charge on any atom is 0.310 e. The Kier molecular flexibility index (Phi) is 6.45. The van der Waals surface area contributed by atoms with Crippen LogP contribution < -0.4 is 20.1 Å². The van der Waals surface area contributed by atoms with Crippen LogP contribution in [0, 0.1) is 10.1 Å². The van der Waals surface area contributed by atoms with Crippen LogP contribution in [0.5, 0.6) is 11.6 Å². The van der Waals surface area contributed by atoms with Crippen molar-refractivity contribution in [3.05, 3.63) is 112 Å². The van der Waals surface area contributed by atoms with Gasteiger partial charge in [0.05, 0.1) is 46.8 Å². The highest BCUT2D eigenvalue weighted by Gasteiger charge is 2.21. The molecule has 1 aliphatic rings. The molecule has 5 aromatic rings. The lowest BCUT2D eigenvalue weighted by Crippen LogP contribution is -2.11. The highest BCUT2D eigenvalue weighted by Crippen LogP contribution is 2.37. The molecule has 9 heteroatoms. The van der Waals surface area contributed by atoms with E-state index in [1.54, 1.807) is 24.3 Å². The molecule has 0 aliphatic carbocycles. The zero-order chi connectivity index (χ0) is 27.6. The Bertz CT molecular complexity index is 1790. The van der Waals surface area contributed by atoms with Gasteiger partial charge in [0.15, 0.2) is 5.75 Å². The zero-order valence-corrected chi connectivity index (χ0v) is 21.5. The molecule has 40 heavy (non-hydrogen) atoms. The van der Waals surface area contributed by atoms with Gasteiger partial charge in [0.1, 0.15) is 0 Å². The average Bonchev–Trinajstić information content (AvgIpc) is 3.11. The number of rotatable bonds is 7. The number of benzene rings is 4. The van der Waals surface area contributed by atoms with Crippen molar-refractivity contribution in [1.82, 2.24) is 4.98 Å². The van der Waals surface area contributed by atoms with Crippen LogP contribution >= 0.6 is 0 Å². The summed E-state index contributed by atoms with van der Waals surface area (Å²) in [4.78, 5) is 28.4. The van der Waals surface area contributed by atoms with Crippen molar-refractivity contribution in [3.63, 3.8) is 0 Å². The Hall–Kier alpha value is -5.44. The number of hydrogen-bond donors (Lipinski definition) is 2. The molecule has 0 saturated heterocycles. The Labute approximate surface area is 229 Å². The molecule has 1 amide bonds. The molecular formula is C31H24N4O5. The number of pyridine rings is 1. The highest BCUT2D eigenvalue weighted by atomic mass is 16.6. The van der Waals surface area contributed by atoms with Gasteiger partial charge in [-0.3, -0.25) is 14.9 Å². The number of hydrogen-bond acceptors (Lipinski definition) is 7. The molecule has 0 bridgehead atoms. The molecule has 6 rings (SSSR count). The number of para-hydroxylation sites is 1. The minimum absolute atomic E-state index is 0.109. The number of carbonyl (C=O) groups excluding carboxylic acids is 1. The standard InChI is InChI=1S/C31H24N4O5/c1-39-29-18-22(8-12-28(29)35(37)38)21-7-10-23-26(17-21)32-25-11-6-19(16-27(25)34-31(23)36)14-15-40-30-13-9-20-4-2-3-5-24(20)33-30/h2-13,16-18,32H,14-15H2,1H3,(H,34,36). The van der Waals surface area contributed by atoms with Gasteiger partial charge in [0.25, 0.3) is 5.91 Å². The number of aromatic nitrogens is 1. The SMILES string of the molecule is COc1cc(-c2ccc3c(c2)Nc2ccc(CCOc4ccc5ccccc5n4)cc2NC3=O)ccc1[N+](=O)[O-]. The first-order valence-electron chi connectivity index (χ1n) is 12.7. The van der Waals surface area contributed by atoms with E-state index in [2.05, 4.69) is 15.6 Å². The minimum Gasteiger partial charge on any atom is -0.490 e. The van der Waals surface area contributed by atoms with Crippen molar-refractivity contribution < 1.29 is 19.2 Å². The third-order valence-electron chi connectivity index (χ3n) is 6.79. The lowest BCUT2D eigenvalue weighted by Gasteiger charge is -2.12. The summed E-state index contributed by atoms with van der Waals surface area (Å²) in [5, 5.41) is 18.7. The number of fused-ring (bicyclic) bond motifs is 3. The maximum absolute atomic E-state index is 13.1. The first-order chi connectivity index (χ1) is 19.5. The molecule has 2 heterocycles. The maximum atomic E-state index is 13.1. The Morgan fingerprint density at radius 3 is 2.52 bits per heavy atom. The zero-order valence-electron chi connectivity index (χ0n) is 21.5. The van der Waals surface area contributed by atoms with Crippen LogP contribution in [-0.4, -0.2) is 29.5 Å². The second-order valence-corrected chi connectivity index (χ2v) is 9.30. The van der Waals surface area contributed by atoms with Gasteiger partial charge in [-0.1, -0.05) is 30.3 Å². The van der Waals surface area contributed by atoms with E-state index >= 15 is 0 Å². The largest absolute Gasteiger partial charge is 0.490 e. The third-order valence-corrected chi connectivity index (χ3v) is 6.79. The molecule has 0 spiro atoms. The van der Waals surface area contributed by atoms with Crippen molar-refractivity contribution in [2.45, 2.75) is 6.42 Å². The van der Waals surface area contributed by atoms with Gasteiger partial charge in [-0.2, -0.15) is 0 Å². The van der Waals surface area contributed by atoms with E-state index in [4.69, 9.17) is 9.47 Å². The fourth-order valence-electron chi connectivity index (χ4n) is 4.73. The molecule has 1 aromatic heterocycles. The summed E-state index contributed by atoms with van der Waals surface area (Å²) in [6, 6.07) is 27.7. The molecule has 198 valence electrons. The predicted molar refractivity (Wildman–Crippen MR) is 154 cm³/mol. The predicted octanol–water partition coefficient (Wildman–Crippen LogP) is 6.75. The topological polar surface area (TPSA) is 116 Å². The summed E-state index contributed by atoms with van der Waals surface area (Å²) >= 11 is 0. The van der Waals surface area contributed by atoms with Crippen molar-refractivity contribution in [2.75, 3.05) is 24.4 Å². The van der Waals surface area contributed by atoms with E-state index in [1.807, 2.05) is 60.7 Å². The van der Waals surface area contributed by atoms with Crippen LogP contribution in [0.1, 0.15) is 15.9 Å². The fourth-order valence-corrected chi connectivity index (χ4v) is 4.73. The normalized spacial score (nSPS) is 12.0. The van der Waals surface area contributed by atoms with Gasteiger partial charge in [0.2, 0.25) is 5.88 Å². The van der Waals surface area contributed by atoms with Crippen LogP contribution in [0.2, 0.25) is 0 Å². The molecule has 0 saturated carbocycles. The summed E-state index contributed by atoms with van der Waals surface area (Å²) in [5.41, 5.74) is 5.83. The van der Waals surface area contributed by atoms with E-state index in [9.17, 15) is 14.9 Å². The van der Waals surface area contributed by atoms with Crippen molar-refractivity contribution in [3.8, 4) is 22.8 Å². The number of anilines is 3. The fraction of sp³-hybridized carbons (Fsp3) is 0.0968. The summed E-state index contributed by atoms with van der Waals surface area (Å²) in [6.45, 7) is 0.438. The quantitative estimate of drug-likeness (QED) is 0.176. The van der Waals surface area contributed by atoms with Crippen LogP contribution in [0.3, 0.4) is 0 Å². The second-order valence-electron chi connectivity index (χ2n) is 9.30. The van der Waals surface area contributed by atoms with Crippen molar-refractivity contribution >= 4 is 39.6 Å². The lowest BCUT2D eigenvalue weighted by molar-refractivity contribution is -0.385. The number of nitrogens with zero attached hydrogens (tertiary/aromatic N) is 2. The van der Waals surface area contributed by atoms with Gasteiger partial charge < -0.3 is 20.1 Å². The van der Waals surface area contributed by atoms with E-state index in [1.165, 1.54) is 13.2 Å². The van der Waals surface area contributed by atoms with Crippen molar-refractivity contribution in [2.24, 2.45) is 0 Å². The summed E-state index contributed by atoms with van der Waals surface area (Å²) in [7, 11) is 1.40. The average molecular weight is 533 g/mol. The second kappa shape index (κ2) is 10.4. The number of nitrogens with one attached hydrogen (secondary N) is 2. The molecule has 0 radical (unpaired) electrons. The van der Waals surface area contributed by atoms with Crippen LogP contribution in [0.25, 0.3) is 22.0 Å². The molecule has 2 N–H and O–H groups in total. The van der Waals surface area contributed by atoms with Gasteiger partial charge in [-0.05, 0) is 65.2 Å². The van der Waals surface area contributed by atoms with Crippen LogP contribution in [0.4, 0.5) is 22.7 Å². The van der Waals surface area contributed by atoms with Gasteiger partial charge in [-0.15, -0.1) is 0 Å². The monoisotopic (exact) mass is 532 g/mol. The molecule has 0 unspecified atom stereocenters. The lowest BCUT2D eigenvalue weighted by atomic mass is 10.0. The van der Waals surface area contributed by atoms with Crippen molar-refractivity contribution in [1.29, 1.82) is 0 Å². The van der Waals surface area contributed by atoms with E-state index in [-0.39, 0.29) is 17.3 Å². The molecule has 0 fully saturated rings. The molecular weight excluding hydrogens is 508 g/mol. The number of nitro benzene ring substituents is 1. The summed E-state index contributed by atoms with van der Waals surface area (Å²) < 4.78 is 11.1. The van der Waals surface area contributed by atoms with Gasteiger partial charge >= 0.3 is 5.69 Å². The Morgan fingerprint density at radius 1 is 0.850 bits per heavy atom. The molecule has 9 nitrogen and oxygen atoms in total. The van der Waals surface area contributed by atoms with Gasteiger partial charge in [-0.25, -0.2) is 4.98 Å². The minimum atomic E-state index is -0.483. The summed E-state index contributed by atoms with van der Waals surface area (Å²) in [5.74, 6) is 0.504. The van der Waals surface area contributed by atoms with Gasteiger partial charge in [0, 0.05) is 23.9 Å². The number of nitro groups is 1. The molecule has 4 aromatic carbocycles. The molecule has 1 aliphatic heterocycles. The molecule has 0 atom stereocenters. The van der Waals surface area contributed by atoms with E-state index in [0.29, 0.717) is 35.8 Å². The number of carbonyl (C=O) groups is 1. The smallest absolute Gasteiger partial charge is 0.310 e.